The van der Waals surface area contributed by atoms with Gasteiger partial charge >= 0.3 is 0 Å². The topological polar surface area (TPSA) is 57.4 Å². The smallest absolute Gasteiger partial charge is 0.0998 e. The summed E-state index contributed by atoms with van der Waals surface area (Å²) < 4.78 is 4.54. The minimum Gasteiger partial charge on any atom is -0.309 e. The fourth-order valence-electron chi connectivity index (χ4n) is 7.24. The molecule has 0 bridgehead atoms. The summed E-state index contributed by atoms with van der Waals surface area (Å²) in [4.78, 5) is 0. The number of benzene rings is 7. The van der Waals surface area contributed by atoms with Gasteiger partial charge in [0.1, 0.15) is 0 Å². The third-order valence-electron chi connectivity index (χ3n) is 9.42. The normalized spacial score (nSPS) is 11.3. The van der Waals surface area contributed by atoms with Gasteiger partial charge in [-0.2, -0.15) is 10.5 Å². The fourth-order valence-corrected chi connectivity index (χ4v) is 7.24. The number of hydrogen-bond acceptors (Lipinski definition) is 2. The maximum Gasteiger partial charge on any atom is 0.0998 e. The summed E-state index contributed by atoms with van der Waals surface area (Å²) in [7, 11) is 0. The van der Waals surface area contributed by atoms with Gasteiger partial charge in [-0.3, -0.25) is 0 Å². The van der Waals surface area contributed by atoms with E-state index in [1.807, 2.05) is 54.6 Å². The molecule has 222 valence electrons. The summed E-state index contributed by atoms with van der Waals surface area (Å²) in [6.07, 6.45) is 0. The van der Waals surface area contributed by atoms with Crippen LogP contribution in [0.15, 0.2) is 158 Å². The zero-order valence-corrected chi connectivity index (χ0v) is 25.8. The third kappa shape index (κ3) is 4.14. The molecule has 7 aromatic carbocycles. The van der Waals surface area contributed by atoms with E-state index in [4.69, 9.17) is 0 Å². The number of nitrogens with zero attached hydrogens (tertiary/aromatic N) is 4. The molecule has 0 radical (unpaired) electrons. The molecule has 0 aliphatic carbocycles. The van der Waals surface area contributed by atoms with E-state index in [-0.39, 0.29) is 0 Å². The zero-order valence-electron chi connectivity index (χ0n) is 25.8. The van der Waals surface area contributed by atoms with Gasteiger partial charge in [0.15, 0.2) is 0 Å². The van der Waals surface area contributed by atoms with Gasteiger partial charge in [-0.1, -0.05) is 97.1 Å². The first kappa shape index (κ1) is 27.4. The van der Waals surface area contributed by atoms with Crippen LogP contribution in [0, 0.1) is 22.7 Å². The molecule has 48 heavy (non-hydrogen) atoms. The van der Waals surface area contributed by atoms with Crippen LogP contribution >= 0.6 is 0 Å². The van der Waals surface area contributed by atoms with E-state index in [2.05, 4.69) is 124 Å². The van der Waals surface area contributed by atoms with Crippen molar-refractivity contribution < 1.29 is 0 Å². The molecule has 0 amide bonds. The predicted molar refractivity (Wildman–Crippen MR) is 195 cm³/mol. The molecule has 0 unspecified atom stereocenters. The maximum absolute atomic E-state index is 10.3. The summed E-state index contributed by atoms with van der Waals surface area (Å²) in [5.41, 5.74) is 11.5. The highest BCUT2D eigenvalue weighted by molar-refractivity contribution is 6.11. The highest BCUT2D eigenvalue weighted by atomic mass is 15.0. The summed E-state index contributed by atoms with van der Waals surface area (Å²) >= 11 is 0. The van der Waals surface area contributed by atoms with Crippen molar-refractivity contribution in [1.29, 1.82) is 10.5 Å². The quantitative estimate of drug-likeness (QED) is 0.199. The molecule has 0 atom stereocenters. The predicted octanol–water partition coefficient (Wildman–Crippen LogP) is 11.0. The molecule has 9 aromatic rings. The summed E-state index contributed by atoms with van der Waals surface area (Å²) in [6, 6.07) is 58.9. The molecule has 0 N–H and O–H groups in total. The van der Waals surface area contributed by atoms with Gasteiger partial charge in [-0.15, -0.1) is 0 Å². The van der Waals surface area contributed by atoms with Crippen LogP contribution in [-0.2, 0) is 0 Å². The average Bonchev–Trinajstić information content (AvgIpc) is 3.67. The van der Waals surface area contributed by atoms with Crippen molar-refractivity contribution in [3.05, 3.63) is 169 Å². The minimum atomic E-state index is 0.603. The average molecular weight is 611 g/mol. The van der Waals surface area contributed by atoms with Crippen LogP contribution in [0.25, 0.3) is 77.2 Å². The van der Waals surface area contributed by atoms with Crippen molar-refractivity contribution in [2.75, 3.05) is 0 Å². The van der Waals surface area contributed by atoms with Crippen molar-refractivity contribution in [1.82, 2.24) is 9.13 Å². The zero-order chi connectivity index (χ0) is 32.2. The molecule has 9 rings (SSSR count). The maximum atomic E-state index is 10.3. The van der Waals surface area contributed by atoms with E-state index in [0.29, 0.717) is 11.1 Å². The first-order valence-corrected chi connectivity index (χ1v) is 15.9. The second-order valence-corrected chi connectivity index (χ2v) is 12.0. The van der Waals surface area contributed by atoms with Crippen molar-refractivity contribution in [2.24, 2.45) is 0 Å². The van der Waals surface area contributed by atoms with Crippen LogP contribution in [-0.4, -0.2) is 9.13 Å². The molecule has 4 heteroatoms. The van der Waals surface area contributed by atoms with Crippen LogP contribution in [0.4, 0.5) is 0 Å². The van der Waals surface area contributed by atoms with Gasteiger partial charge in [-0.25, -0.2) is 0 Å². The number of fused-ring (bicyclic) bond motifs is 6. The van der Waals surface area contributed by atoms with Gasteiger partial charge in [0.2, 0.25) is 0 Å². The Hall–Kier alpha value is -6.88. The van der Waals surface area contributed by atoms with Gasteiger partial charge in [0.25, 0.3) is 0 Å². The highest BCUT2D eigenvalue weighted by Crippen LogP contribution is 2.39. The van der Waals surface area contributed by atoms with Crippen molar-refractivity contribution >= 4 is 43.6 Å². The molecule has 4 nitrogen and oxygen atoms in total. The van der Waals surface area contributed by atoms with Crippen LogP contribution in [0.2, 0.25) is 0 Å². The number of hydrogen-bond donors (Lipinski definition) is 0. The SMILES string of the molecule is N#Cc1ccc2c3ccccc3n(-c3ccccc3-c3cc(-c4ccc(-n5c6ccccc6c6ccccc65)cc4)ccc3C#N)c2c1. The Labute approximate surface area is 277 Å². The van der Waals surface area contributed by atoms with Crippen LogP contribution in [0.3, 0.4) is 0 Å². The number of para-hydroxylation sites is 4. The number of nitriles is 2. The molecule has 0 saturated heterocycles. The number of aromatic nitrogens is 2. The van der Waals surface area contributed by atoms with Crippen LogP contribution < -0.4 is 0 Å². The van der Waals surface area contributed by atoms with Gasteiger partial charge in [-0.05, 0) is 71.8 Å². The van der Waals surface area contributed by atoms with E-state index >= 15 is 0 Å². The lowest BCUT2D eigenvalue weighted by Crippen LogP contribution is -1.98. The van der Waals surface area contributed by atoms with E-state index in [0.717, 1.165) is 55.4 Å². The van der Waals surface area contributed by atoms with Crippen molar-refractivity contribution in [3.63, 3.8) is 0 Å². The van der Waals surface area contributed by atoms with E-state index < -0.39 is 0 Å². The molecule has 0 saturated carbocycles. The second-order valence-electron chi connectivity index (χ2n) is 12.0. The molecule has 2 heterocycles. The lowest BCUT2D eigenvalue weighted by Gasteiger charge is -2.16. The van der Waals surface area contributed by atoms with Gasteiger partial charge < -0.3 is 9.13 Å². The molecule has 0 aliphatic rings. The third-order valence-corrected chi connectivity index (χ3v) is 9.42. The van der Waals surface area contributed by atoms with Crippen molar-refractivity contribution in [3.8, 4) is 45.8 Å². The first-order chi connectivity index (χ1) is 23.7. The Morgan fingerprint density at radius 1 is 0.396 bits per heavy atom. The van der Waals surface area contributed by atoms with Crippen LogP contribution in [0.1, 0.15) is 11.1 Å². The highest BCUT2D eigenvalue weighted by Gasteiger charge is 2.18. The fraction of sp³-hybridized carbons (Fsp3) is 0. The Balaban J connectivity index is 1.20. The van der Waals surface area contributed by atoms with Crippen LogP contribution in [0.5, 0.6) is 0 Å². The lowest BCUT2D eigenvalue weighted by atomic mass is 9.94. The standard InChI is InChI=1S/C44H26N4/c45-27-29-17-24-38-36-11-3-7-15-42(36)48(44(38)25-29)43-16-8-4-12-37(43)39-26-31(18-19-32(39)28-46)30-20-22-33(23-21-30)47-40-13-5-1-9-34(40)35-10-2-6-14-41(35)47/h1-26H. The van der Waals surface area contributed by atoms with E-state index in [1.54, 1.807) is 0 Å². The molecule has 2 aromatic heterocycles. The first-order valence-electron chi connectivity index (χ1n) is 15.9. The monoisotopic (exact) mass is 610 g/mol. The van der Waals surface area contributed by atoms with Gasteiger partial charge in [0.05, 0.1) is 51.0 Å². The summed E-state index contributed by atoms with van der Waals surface area (Å²) in [6.45, 7) is 0. The largest absolute Gasteiger partial charge is 0.309 e. The molecular weight excluding hydrogens is 585 g/mol. The Morgan fingerprint density at radius 2 is 0.958 bits per heavy atom. The summed E-state index contributed by atoms with van der Waals surface area (Å²) in [5.74, 6) is 0. The van der Waals surface area contributed by atoms with E-state index in [9.17, 15) is 10.5 Å². The summed E-state index contributed by atoms with van der Waals surface area (Å²) in [5, 5.41) is 24.7. The Morgan fingerprint density at radius 3 is 1.60 bits per heavy atom. The lowest BCUT2D eigenvalue weighted by molar-refractivity contribution is 1.18. The van der Waals surface area contributed by atoms with Gasteiger partial charge in [0, 0.05) is 38.4 Å². The molecule has 0 spiro atoms. The molecular formula is C44H26N4. The Bertz CT molecular complexity index is 2750. The Kier molecular flexibility index (Phi) is 6.22. The number of rotatable bonds is 4. The second kappa shape index (κ2) is 10.9. The minimum absolute atomic E-state index is 0.603. The molecule has 0 fully saturated rings. The molecule has 0 aliphatic heterocycles. The van der Waals surface area contributed by atoms with Crippen molar-refractivity contribution in [2.45, 2.75) is 0 Å². The van der Waals surface area contributed by atoms with E-state index in [1.165, 1.54) is 21.8 Å².